The van der Waals surface area contributed by atoms with E-state index >= 15 is 0 Å². The molecule has 39 heavy (non-hydrogen) atoms. The molecule has 0 fully saturated rings. The van der Waals surface area contributed by atoms with Gasteiger partial charge in [0.15, 0.2) is 16.3 Å². The molecule has 0 N–H and O–H groups in total. The highest BCUT2D eigenvalue weighted by molar-refractivity contribution is 9.10. The van der Waals surface area contributed by atoms with Crippen molar-refractivity contribution in [1.82, 2.24) is 4.57 Å². The van der Waals surface area contributed by atoms with Crippen molar-refractivity contribution in [2.75, 3.05) is 20.3 Å². The molecule has 0 aliphatic carbocycles. The Kier molecular flexibility index (Phi) is 8.78. The number of halogens is 1. The maximum atomic E-state index is 13.9. The summed E-state index contributed by atoms with van der Waals surface area (Å²) < 4.78 is 19.2. The fraction of sp³-hybridized carbons (Fsp3) is 0.300. The van der Waals surface area contributed by atoms with E-state index in [2.05, 4.69) is 40.7 Å². The molecule has 0 saturated carbocycles. The average molecular weight is 610 g/mol. The standard InChI is InChI=1S/C30H29BrN2O5S/c1-7-13-38-27-22(31)14-19(15-23(27)36-6)16-24-28(34)33-26(21-11-9-20(10-12-21)17(3)4)25(29(35)37-8-2)18(5)32-30(33)39-24/h1,9-12,14-17,26H,8,13H2,2-6H3. The molecule has 4 rings (SSSR count). The second kappa shape index (κ2) is 12.1. The highest BCUT2D eigenvalue weighted by Gasteiger charge is 2.33. The number of rotatable bonds is 8. The molecule has 0 saturated heterocycles. The summed E-state index contributed by atoms with van der Waals surface area (Å²) in [6.45, 7) is 8.07. The number of benzene rings is 2. The van der Waals surface area contributed by atoms with Gasteiger partial charge in [0.1, 0.15) is 6.61 Å². The number of thiazole rings is 1. The maximum absolute atomic E-state index is 13.9. The molecule has 1 aliphatic heterocycles. The van der Waals surface area contributed by atoms with Crippen LogP contribution in [0.15, 0.2) is 61.9 Å². The first-order valence-electron chi connectivity index (χ1n) is 12.4. The van der Waals surface area contributed by atoms with Crippen molar-refractivity contribution >= 4 is 39.3 Å². The van der Waals surface area contributed by atoms with E-state index in [4.69, 9.17) is 20.6 Å². The van der Waals surface area contributed by atoms with Crippen LogP contribution in [0.1, 0.15) is 56.3 Å². The molecule has 1 atom stereocenters. The predicted octanol–water partition coefficient (Wildman–Crippen LogP) is 4.70. The van der Waals surface area contributed by atoms with Crippen LogP contribution in [0.5, 0.6) is 11.5 Å². The van der Waals surface area contributed by atoms with Crippen molar-refractivity contribution in [3.05, 3.63) is 88.5 Å². The van der Waals surface area contributed by atoms with Crippen molar-refractivity contribution in [2.24, 2.45) is 4.99 Å². The third kappa shape index (κ3) is 5.72. The van der Waals surface area contributed by atoms with Gasteiger partial charge in [-0.1, -0.05) is 55.4 Å². The molecule has 7 nitrogen and oxygen atoms in total. The van der Waals surface area contributed by atoms with E-state index in [0.29, 0.717) is 42.5 Å². The first kappa shape index (κ1) is 28.4. The fourth-order valence-electron chi connectivity index (χ4n) is 4.40. The van der Waals surface area contributed by atoms with Gasteiger partial charge in [0.2, 0.25) is 0 Å². The Hall–Kier alpha value is -3.61. The largest absolute Gasteiger partial charge is 0.493 e. The van der Waals surface area contributed by atoms with Crippen molar-refractivity contribution in [1.29, 1.82) is 0 Å². The molecule has 0 spiro atoms. The van der Waals surface area contributed by atoms with Gasteiger partial charge < -0.3 is 14.2 Å². The Bertz CT molecular complexity index is 1660. The third-order valence-corrected chi connectivity index (χ3v) is 7.86. The molecular formula is C30H29BrN2O5S. The van der Waals surface area contributed by atoms with Crippen molar-refractivity contribution in [2.45, 2.75) is 39.7 Å². The number of hydrogen-bond acceptors (Lipinski definition) is 7. The molecule has 0 bridgehead atoms. The summed E-state index contributed by atoms with van der Waals surface area (Å²) >= 11 is 4.77. The van der Waals surface area contributed by atoms with Crippen molar-refractivity contribution in [3.63, 3.8) is 0 Å². The quantitative estimate of drug-likeness (QED) is 0.273. The summed E-state index contributed by atoms with van der Waals surface area (Å²) in [5.41, 5.74) is 3.32. The maximum Gasteiger partial charge on any atom is 0.338 e. The predicted molar refractivity (Wildman–Crippen MR) is 156 cm³/mol. The summed E-state index contributed by atoms with van der Waals surface area (Å²) in [4.78, 5) is 32.1. The minimum atomic E-state index is -0.663. The molecule has 9 heteroatoms. The molecule has 1 unspecified atom stereocenters. The van der Waals surface area contributed by atoms with E-state index in [9.17, 15) is 9.59 Å². The van der Waals surface area contributed by atoms with Gasteiger partial charge in [-0.25, -0.2) is 9.79 Å². The minimum absolute atomic E-state index is 0.0905. The molecule has 0 radical (unpaired) electrons. The van der Waals surface area contributed by atoms with Crippen LogP contribution in [-0.4, -0.2) is 30.9 Å². The lowest BCUT2D eigenvalue weighted by atomic mass is 9.93. The van der Waals surface area contributed by atoms with Crippen molar-refractivity contribution in [3.8, 4) is 23.8 Å². The van der Waals surface area contributed by atoms with Crippen LogP contribution < -0.4 is 24.4 Å². The lowest BCUT2D eigenvalue weighted by Crippen LogP contribution is -2.39. The minimum Gasteiger partial charge on any atom is -0.493 e. The van der Waals surface area contributed by atoms with Crippen LogP contribution in [0.3, 0.4) is 0 Å². The smallest absolute Gasteiger partial charge is 0.338 e. The van der Waals surface area contributed by atoms with Crippen LogP contribution in [0.25, 0.3) is 6.08 Å². The number of nitrogens with zero attached hydrogens (tertiary/aromatic N) is 2. The lowest BCUT2D eigenvalue weighted by Gasteiger charge is -2.25. The number of aromatic nitrogens is 1. The van der Waals surface area contributed by atoms with Crippen LogP contribution in [-0.2, 0) is 9.53 Å². The summed E-state index contributed by atoms with van der Waals surface area (Å²) in [5.74, 6) is 3.26. The van der Waals surface area contributed by atoms with Crippen LogP contribution in [0.4, 0.5) is 0 Å². The number of ether oxygens (including phenoxy) is 3. The summed E-state index contributed by atoms with van der Waals surface area (Å²) in [7, 11) is 1.53. The molecule has 202 valence electrons. The molecule has 3 aromatic rings. The summed E-state index contributed by atoms with van der Waals surface area (Å²) in [6.07, 6.45) is 7.10. The molecule has 2 aromatic carbocycles. The van der Waals surface area contributed by atoms with Gasteiger partial charge in [0.25, 0.3) is 5.56 Å². The number of carbonyl (C=O) groups is 1. The number of fused-ring (bicyclic) bond motifs is 1. The molecule has 2 heterocycles. The second-order valence-electron chi connectivity index (χ2n) is 9.15. The lowest BCUT2D eigenvalue weighted by molar-refractivity contribution is -0.139. The van der Waals surface area contributed by atoms with E-state index in [-0.39, 0.29) is 18.8 Å². The van der Waals surface area contributed by atoms with Crippen LogP contribution >= 0.6 is 27.3 Å². The van der Waals surface area contributed by atoms with Crippen LogP contribution in [0, 0.1) is 12.3 Å². The fourth-order valence-corrected chi connectivity index (χ4v) is 6.02. The zero-order chi connectivity index (χ0) is 28.3. The van der Waals surface area contributed by atoms with Crippen molar-refractivity contribution < 1.29 is 19.0 Å². The Balaban J connectivity index is 1.90. The first-order valence-corrected chi connectivity index (χ1v) is 14.0. The third-order valence-electron chi connectivity index (χ3n) is 6.29. The Morgan fingerprint density at radius 3 is 2.62 bits per heavy atom. The molecule has 1 aromatic heterocycles. The zero-order valence-corrected chi connectivity index (χ0v) is 24.8. The Morgan fingerprint density at radius 2 is 2.00 bits per heavy atom. The summed E-state index contributed by atoms with van der Waals surface area (Å²) in [6, 6.07) is 10.9. The summed E-state index contributed by atoms with van der Waals surface area (Å²) in [5, 5.41) is 0. The van der Waals surface area contributed by atoms with E-state index in [1.54, 1.807) is 30.6 Å². The van der Waals surface area contributed by atoms with E-state index < -0.39 is 12.0 Å². The monoisotopic (exact) mass is 608 g/mol. The highest BCUT2D eigenvalue weighted by Crippen LogP contribution is 2.37. The number of carbonyl (C=O) groups excluding carboxylic acids is 1. The number of methoxy groups -OCH3 is 1. The highest BCUT2D eigenvalue weighted by atomic mass is 79.9. The number of terminal acetylenes is 1. The number of hydrogen-bond donors (Lipinski definition) is 0. The molecule has 0 amide bonds. The molecular weight excluding hydrogens is 580 g/mol. The number of esters is 1. The van der Waals surface area contributed by atoms with Gasteiger partial charge in [-0.15, -0.1) is 6.42 Å². The van der Waals surface area contributed by atoms with Gasteiger partial charge in [-0.2, -0.15) is 0 Å². The van der Waals surface area contributed by atoms with Gasteiger partial charge >= 0.3 is 5.97 Å². The topological polar surface area (TPSA) is 79.1 Å². The van der Waals surface area contributed by atoms with E-state index in [1.807, 2.05) is 30.3 Å². The number of allylic oxidation sites excluding steroid dienone is 1. The average Bonchev–Trinajstić information content (AvgIpc) is 3.21. The first-order chi connectivity index (χ1) is 18.7. The van der Waals surface area contributed by atoms with Crippen LogP contribution in [0.2, 0.25) is 0 Å². The second-order valence-corrected chi connectivity index (χ2v) is 11.0. The van der Waals surface area contributed by atoms with Gasteiger partial charge in [0, 0.05) is 0 Å². The van der Waals surface area contributed by atoms with E-state index in [1.165, 1.54) is 24.0 Å². The van der Waals surface area contributed by atoms with Gasteiger partial charge in [-0.05, 0) is 70.6 Å². The SMILES string of the molecule is C#CCOc1c(Br)cc(C=c2sc3n(c2=O)C(c2ccc(C(C)C)cc2)C(C(=O)OCC)=C(C)N=3)cc1OC. The van der Waals surface area contributed by atoms with Gasteiger partial charge in [0.05, 0.1) is 40.0 Å². The normalized spacial score (nSPS) is 15.0. The Morgan fingerprint density at radius 1 is 1.28 bits per heavy atom. The van der Waals surface area contributed by atoms with E-state index in [0.717, 1.165) is 11.1 Å². The molecule has 1 aliphatic rings. The Labute approximate surface area is 239 Å². The van der Waals surface area contributed by atoms with Gasteiger partial charge in [-0.3, -0.25) is 9.36 Å². The zero-order valence-electron chi connectivity index (χ0n) is 22.4.